The van der Waals surface area contributed by atoms with Crippen molar-refractivity contribution in [2.75, 3.05) is 23.7 Å². The summed E-state index contributed by atoms with van der Waals surface area (Å²) >= 11 is 0. The molecule has 6 nitrogen and oxygen atoms in total. The molecule has 6 heteroatoms. The van der Waals surface area contributed by atoms with Crippen molar-refractivity contribution in [1.29, 1.82) is 0 Å². The van der Waals surface area contributed by atoms with Crippen LogP contribution in [0.3, 0.4) is 0 Å². The van der Waals surface area contributed by atoms with Crippen molar-refractivity contribution in [2.24, 2.45) is 0 Å². The van der Waals surface area contributed by atoms with Crippen LogP contribution < -0.4 is 21.3 Å². The van der Waals surface area contributed by atoms with E-state index in [4.69, 9.17) is 0 Å². The minimum atomic E-state index is -0.460. The van der Waals surface area contributed by atoms with Gasteiger partial charge in [0.25, 0.3) is 0 Å². The van der Waals surface area contributed by atoms with Gasteiger partial charge in [-0.1, -0.05) is 18.2 Å². The number of hydrogen-bond donors (Lipinski definition) is 4. The monoisotopic (exact) mass is 324 g/mol. The fourth-order valence-corrected chi connectivity index (χ4v) is 2.54. The molecular formula is C18H20N4O2. The van der Waals surface area contributed by atoms with Crippen molar-refractivity contribution in [3.63, 3.8) is 0 Å². The number of anilines is 3. The Hall–Kier alpha value is -2.86. The first kappa shape index (κ1) is 16.0. The van der Waals surface area contributed by atoms with E-state index in [-0.39, 0.29) is 18.2 Å². The summed E-state index contributed by atoms with van der Waals surface area (Å²) in [5.41, 5.74) is 2.64. The van der Waals surface area contributed by atoms with Gasteiger partial charge >= 0.3 is 0 Å². The number of piperazine rings is 1. The lowest BCUT2D eigenvalue weighted by atomic mass is 10.1. The average molecular weight is 324 g/mol. The summed E-state index contributed by atoms with van der Waals surface area (Å²) < 4.78 is 0. The molecule has 0 bridgehead atoms. The van der Waals surface area contributed by atoms with E-state index < -0.39 is 6.04 Å². The number of carbonyl (C=O) groups excluding carboxylic acids is 2. The number of carbonyl (C=O) groups is 2. The predicted molar refractivity (Wildman–Crippen MR) is 94.2 cm³/mol. The van der Waals surface area contributed by atoms with E-state index >= 15 is 0 Å². The lowest BCUT2D eigenvalue weighted by Gasteiger charge is -2.22. The van der Waals surface area contributed by atoms with Crippen LogP contribution in [0.5, 0.6) is 0 Å². The molecule has 3 rings (SSSR count). The van der Waals surface area contributed by atoms with Gasteiger partial charge in [0, 0.05) is 30.2 Å². The third kappa shape index (κ3) is 4.33. The SMILES string of the molecule is O=C(CC1NCCNC1=O)Nc1ccc(Nc2ccccc2)cc1. The quantitative estimate of drug-likeness (QED) is 0.676. The Labute approximate surface area is 140 Å². The molecular weight excluding hydrogens is 304 g/mol. The summed E-state index contributed by atoms with van der Waals surface area (Å²) in [6.45, 7) is 1.29. The molecule has 1 heterocycles. The van der Waals surface area contributed by atoms with Crippen LogP contribution in [0.1, 0.15) is 6.42 Å². The number of rotatable bonds is 5. The highest BCUT2D eigenvalue weighted by Crippen LogP contribution is 2.18. The highest BCUT2D eigenvalue weighted by atomic mass is 16.2. The largest absolute Gasteiger partial charge is 0.356 e. The van der Waals surface area contributed by atoms with Crippen LogP contribution in [0.15, 0.2) is 54.6 Å². The minimum absolute atomic E-state index is 0.121. The van der Waals surface area contributed by atoms with Crippen molar-refractivity contribution in [3.8, 4) is 0 Å². The summed E-state index contributed by atoms with van der Waals surface area (Å²) in [7, 11) is 0. The van der Waals surface area contributed by atoms with Gasteiger partial charge in [0.2, 0.25) is 11.8 Å². The van der Waals surface area contributed by atoms with E-state index in [0.29, 0.717) is 18.8 Å². The smallest absolute Gasteiger partial charge is 0.237 e. The van der Waals surface area contributed by atoms with Crippen molar-refractivity contribution >= 4 is 28.9 Å². The van der Waals surface area contributed by atoms with E-state index in [2.05, 4.69) is 21.3 Å². The second-order valence-electron chi connectivity index (χ2n) is 5.62. The Kier molecular flexibility index (Phi) is 5.08. The zero-order valence-electron chi connectivity index (χ0n) is 13.2. The third-order valence-corrected chi connectivity index (χ3v) is 3.75. The van der Waals surface area contributed by atoms with E-state index in [9.17, 15) is 9.59 Å². The lowest BCUT2D eigenvalue weighted by Crippen LogP contribution is -2.53. The van der Waals surface area contributed by atoms with Crippen molar-refractivity contribution in [2.45, 2.75) is 12.5 Å². The van der Waals surface area contributed by atoms with Gasteiger partial charge in [-0.15, -0.1) is 0 Å². The minimum Gasteiger partial charge on any atom is -0.356 e. The van der Waals surface area contributed by atoms with Crippen molar-refractivity contribution in [3.05, 3.63) is 54.6 Å². The molecule has 124 valence electrons. The summed E-state index contributed by atoms with van der Waals surface area (Å²) in [6.07, 6.45) is 0.121. The molecule has 0 aromatic heterocycles. The maximum Gasteiger partial charge on any atom is 0.237 e. The average Bonchev–Trinajstić information content (AvgIpc) is 2.60. The number of para-hydroxylation sites is 1. The molecule has 0 radical (unpaired) electrons. The van der Waals surface area contributed by atoms with Gasteiger partial charge in [-0.2, -0.15) is 0 Å². The highest BCUT2D eigenvalue weighted by molar-refractivity contribution is 5.95. The number of amides is 2. The maximum absolute atomic E-state index is 12.1. The second kappa shape index (κ2) is 7.61. The molecule has 0 saturated carbocycles. The van der Waals surface area contributed by atoms with E-state index in [0.717, 1.165) is 11.4 Å². The first-order valence-corrected chi connectivity index (χ1v) is 7.94. The van der Waals surface area contributed by atoms with Gasteiger partial charge in [-0.3, -0.25) is 9.59 Å². The number of benzene rings is 2. The fraction of sp³-hybridized carbons (Fsp3) is 0.222. The second-order valence-corrected chi connectivity index (χ2v) is 5.62. The normalized spacial score (nSPS) is 17.0. The Bertz CT molecular complexity index is 701. The van der Waals surface area contributed by atoms with Crippen LogP contribution in [0.25, 0.3) is 0 Å². The van der Waals surface area contributed by atoms with Crippen LogP contribution in [-0.4, -0.2) is 30.9 Å². The first-order valence-electron chi connectivity index (χ1n) is 7.94. The third-order valence-electron chi connectivity index (χ3n) is 3.75. The maximum atomic E-state index is 12.1. The molecule has 1 atom stereocenters. The number of hydrogen-bond acceptors (Lipinski definition) is 4. The highest BCUT2D eigenvalue weighted by Gasteiger charge is 2.23. The Morgan fingerprint density at radius 1 is 0.958 bits per heavy atom. The molecule has 4 N–H and O–H groups in total. The molecule has 2 aromatic carbocycles. The summed E-state index contributed by atoms with van der Waals surface area (Å²) in [4.78, 5) is 23.7. The molecule has 1 saturated heterocycles. The molecule has 1 aliphatic rings. The van der Waals surface area contributed by atoms with Crippen LogP contribution >= 0.6 is 0 Å². The Balaban J connectivity index is 1.54. The summed E-state index contributed by atoms with van der Waals surface area (Å²) in [5.74, 6) is -0.313. The molecule has 1 aliphatic heterocycles. The topological polar surface area (TPSA) is 82.3 Å². The summed E-state index contributed by atoms with van der Waals surface area (Å²) in [5, 5.41) is 11.9. The van der Waals surface area contributed by atoms with E-state index in [1.807, 2.05) is 54.6 Å². The number of nitrogens with one attached hydrogen (secondary N) is 4. The molecule has 24 heavy (non-hydrogen) atoms. The molecule has 2 amide bonds. The van der Waals surface area contributed by atoms with Gasteiger partial charge in [0.05, 0.1) is 12.5 Å². The fourth-order valence-electron chi connectivity index (χ4n) is 2.54. The zero-order chi connectivity index (χ0) is 16.8. The molecule has 2 aromatic rings. The summed E-state index contributed by atoms with van der Waals surface area (Å²) in [6, 6.07) is 16.9. The molecule has 0 spiro atoms. The van der Waals surface area contributed by atoms with Gasteiger partial charge in [-0.05, 0) is 36.4 Å². The van der Waals surface area contributed by atoms with Crippen LogP contribution in [-0.2, 0) is 9.59 Å². The molecule has 0 aliphatic carbocycles. The van der Waals surface area contributed by atoms with Gasteiger partial charge < -0.3 is 21.3 Å². The first-order chi connectivity index (χ1) is 11.7. The van der Waals surface area contributed by atoms with Gasteiger partial charge in [0.15, 0.2) is 0 Å². The van der Waals surface area contributed by atoms with Gasteiger partial charge in [0.1, 0.15) is 0 Å². The van der Waals surface area contributed by atoms with Crippen LogP contribution in [0.4, 0.5) is 17.1 Å². The van der Waals surface area contributed by atoms with Crippen LogP contribution in [0.2, 0.25) is 0 Å². The predicted octanol–water partition coefficient (Wildman–Crippen LogP) is 1.85. The van der Waals surface area contributed by atoms with E-state index in [1.54, 1.807) is 0 Å². The standard InChI is InChI=1S/C18H20N4O2/c23-17(12-16-18(24)20-11-10-19-16)22-15-8-6-14(7-9-15)21-13-4-2-1-3-5-13/h1-9,16,19,21H,10-12H2,(H,20,24)(H,22,23). The van der Waals surface area contributed by atoms with Crippen molar-refractivity contribution < 1.29 is 9.59 Å². The molecule has 1 unspecified atom stereocenters. The Morgan fingerprint density at radius 3 is 2.33 bits per heavy atom. The van der Waals surface area contributed by atoms with Crippen LogP contribution in [0, 0.1) is 0 Å². The van der Waals surface area contributed by atoms with E-state index in [1.165, 1.54) is 0 Å². The zero-order valence-corrected chi connectivity index (χ0v) is 13.2. The Morgan fingerprint density at radius 2 is 1.62 bits per heavy atom. The molecule has 1 fully saturated rings. The van der Waals surface area contributed by atoms with Gasteiger partial charge in [-0.25, -0.2) is 0 Å². The lowest BCUT2D eigenvalue weighted by molar-refractivity contribution is -0.127. The van der Waals surface area contributed by atoms with Crippen molar-refractivity contribution in [1.82, 2.24) is 10.6 Å².